The number of aliphatic imine (C=N–C) groups is 1. The number of hydrogen-bond acceptors (Lipinski definition) is 6. The van der Waals surface area contributed by atoms with Gasteiger partial charge >= 0.3 is 5.97 Å². The molecule has 4 nitrogen and oxygen atoms in total. The number of esters is 1. The van der Waals surface area contributed by atoms with Crippen molar-refractivity contribution in [3.63, 3.8) is 0 Å². The van der Waals surface area contributed by atoms with Gasteiger partial charge in [0, 0.05) is 22.4 Å². The second-order valence-electron chi connectivity index (χ2n) is 4.30. The maximum atomic E-state index is 11.8. The van der Waals surface area contributed by atoms with Crippen molar-refractivity contribution in [2.75, 3.05) is 25.2 Å². The van der Waals surface area contributed by atoms with Crippen LogP contribution in [0.4, 0.5) is 0 Å². The first-order chi connectivity index (χ1) is 10.8. The zero-order valence-corrected chi connectivity index (χ0v) is 13.9. The molecule has 0 N–H and O–H groups in total. The highest BCUT2D eigenvalue weighted by Gasteiger charge is 2.27. The van der Waals surface area contributed by atoms with Crippen molar-refractivity contribution < 1.29 is 14.3 Å². The number of hydrogen-bond donors (Lipinski definition) is 0. The fraction of sp³-hybridized carbons (Fsp3) is 0.250. The van der Waals surface area contributed by atoms with Gasteiger partial charge in [-0.1, -0.05) is 12.1 Å². The maximum Gasteiger partial charge on any atom is 0.374 e. The van der Waals surface area contributed by atoms with Crippen molar-refractivity contribution in [1.82, 2.24) is 0 Å². The Hall–Kier alpha value is -1.66. The van der Waals surface area contributed by atoms with E-state index in [0.717, 1.165) is 16.9 Å². The Labute approximate surface area is 138 Å². The van der Waals surface area contributed by atoms with Gasteiger partial charge in [-0.25, -0.2) is 4.79 Å². The minimum absolute atomic E-state index is 0.264. The van der Waals surface area contributed by atoms with Crippen molar-refractivity contribution in [3.8, 4) is 0 Å². The van der Waals surface area contributed by atoms with Gasteiger partial charge in [0.05, 0.1) is 6.61 Å². The van der Waals surface area contributed by atoms with Gasteiger partial charge in [-0.3, -0.25) is 4.99 Å². The van der Waals surface area contributed by atoms with Crippen molar-refractivity contribution in [2.45, 2.75) is 4.90 Å². The third kappa shape index (κ3) is 4.42. The minimum Gasteiger partial charge on any atom is -0.485 e. The van der Waals surface area contributed by atoms with E-state index in [9.17, 15) is 4.79 Å². The van der Waals surface area contributed by atoms with E-state index in [1.807, 2.05) is 35.9 Å². The Morgan fingerprint density at radius 3 is 2.86 bits per heavy atom. The highest BCUT2D eigenvalue weighted by Crippen LogP contribution is 2.28. The number of thioether (sulfide) groups is 2. The molecule has 6 heteroatoms. The molecule has 0 atom stereocenters. The normalized spacial score (nSPS) is 14.5. The fourth-order valence-corrected chi connectivity index (χ4v) is 2.79. The Bertz CT molecular complexity index is 594. The molecule has 1 aromatic rings. The summed E-state index contributed by atoms with van der Waals surface area (Å²) in [5, 5.41) is 1.83. The summed E-state index contributed by atoms with van der Waals surface area (Å²) in [6.45, 7) is 4.05. The highest BCUT2D eigenvalue weighted by molar-refractivity contribution is 8.02. The summed E-state index contributed by atoms with van der Waals surface area (Å²) in [7, 11) is 0. The number of carbonyl (C=O) groups is 1. The molecule has 0 aliphatic carbocycles. The number of benzene rings is 1. The molecule has 0 amide bonds. The summed E-state index contributed by atoms with van der Waals surface area (Å²) in [4.78, 5) is 16.6. The van der Waals surface area contributed by atoms with Gasteiger partial charge in [0.2, 0.25) is 5.76 Å². The van der Waals surface area contributed by atoms with E-state index in [2.05, 4.69) is 11.7 Å². The van der Waals surface area contributed by atoms with Crippen LogP contribution in [0.25, 0.3) is 5.57 Å². The van der Waals surface area contributed by atoms with Gasteiger partial charge in [-0.15, -0.1) is 23.5 Å². The average molecular weight is 335 g/mol. The first kappa shape index (κ1) is 16.7. The lowest BCUT2D eigenvalue weighted by molar-refractivity contribution is -0.139. The number of rotatable bonds is 8. The number of cyclic esters (lactones) is 1. The molecular weight excluding hydrogens is 318 g/mol. The minimum atomic E-state index is -0.391. The largest absolute Gasteiger partial charge is 0.485 e. The molecule has 0 unspecified atom stereocenters. The standard InChI is InChI=1S/C16H17NO3S2/c1-17-7-9-22-10-8-19-15-14(11-20-16(15)18)12-3-5-13(21-2)6-4-12/h3-7,9H,1,8,10-11H2,2H3/b9-7-. The molecule has 0 bridgehead atoms. The highest BCUT2D eigenvalue weighted by atomic mass is 32.2. The van der Waals surface area contributed by atoms with E-state index in [4.69, 9.17) is 9.47 Å². The van der Waals surface area contributed by atoms with Crippen LogP contribution in [0.3, 0.4) is 0 Å². The smallest absolute Gasteiger partial charge is 0.374 e. The Morgan fingerprint density at radius 1 is 1.41 bits per heavy atom. The van der Waals surface area contributed by atoms with Crippen LogP contribution in [0.15, 0.2) is 51.5 Å². The lowest BCUT2D eigenvalue weighted by Gasteiger charge is -2.07. The van der Waals surface area contributed by atoms with Crippen molar-refractivity contribution in [3.05, 3.63) is 47.2 Å². The fourth-order valence-electron chi connectivity index (χ4n) is 1.89. The summed E-state index contributed by atoms with van der Waals surface area (Å²) in [5.41, 5.74) is 1.77. The predicted molar refractivity (Wildman–Crippen MR) is 93.2 cm³/mol. The third-order valence-electron chi connectivity index (χ3n) is 2.96. The summed E-state index contributed by atoms with van der Waals surface area (Å²) in [5.74, 6) is 0.655. The Balaban J connectivity index is 2.02. The van der Waals surface area contributed by atoms with Crippen LogP contribution in [-0.2, 0) is 14.3 Å². The van der Waals surface area contributed by atoms with Crippen molar-refractivity contribution >= 4 is 41.8 Å². The summed E-state index contributed by atoms with van der Waals surface area (Å²) in [6, 6.07) is 8.02. The van der Waals surface area contributed by atoms with Crippen molar-refractivity contribution in [1.29, 1.82) is 0 Å². The van der Waals surface area contributed by atoms with Crippen LogP contribution in [0.5, 0.6) is 0 Å². The summed E-state index contributed by atoms with van der Waals surface area (Å²) < 4.78 is 10.7. The number of ether oxygens (including phenoxy) is 2. The van der Waals surface area contributed by atoms with E-state index >= 15 is 0 Å². The Kier molecular flexibility index (Phi) is 6.61. The van der Waals surface area contributed by atoms with E-state index in [0.29, 0.717) is 12.4 Å². The molecule has 0 radical (unpaired) electrons. The monoisotopic (exact) mass is 335 g/mol. The third-order valence-corrected chi connectivity index (χ3v) is 4.42. The van der Waals surface area contributed by atoms with Gasteiger partial charge < -0.3 is 9.47 Å². The molecule has 1 aromatic carbocycles. The van der Waals surface area contributed by atoms with Gasteiger partial charge in [0.1, 0.15) is 6.61 Å². The number of nitrogens with zero attached hydrogens (tertiary/aromatic N) is 1. The van der Waals surface area contributed by atoms with Gasteiger partial charge in [-0.05, 0) is 36.1 Å². The van der Waals surface area contributed by atoms with Gasteiger partial charge in [0.15, 0.2) is 0 Å². The van der Waals surface area contributed by atoms with E-state index in [-0.39, 0.29) is 6.61 Å². The van der Waals surface area contributed by atoms with Crippen LogP contribution in [-0.4, -0.2) is 37.9 Å². The molecule has 0 aromatic heterocycles. The van der Waals surface area contributed by atoms with E-state index in [1.54, 1.807) is 29.7 Å². The zero-order chi connectivity index (χ0) is 15.8. The average Bonchev–Trinajstić information content (AvgIpc) is 2.92. The van der Waals surface area contributed by atoms with Crippen LogP contribution in [0.2, 0.25) is 0 Å². The van der Waals surface area contributed by atoms with E-state index in [1.165, 1.54) is 4.90 Å². The van der Waals surface area contributed by atoms with Crippen LogP contribution in [0, 0.1) is 0 Å². The molecule has 0 saturated heterocycles. The maximum absolute atomic E-state index is 11.8. The quantitative estimate of drug-likeness (QED) is 0.314. The lowest BCUT2D eigenvalue weighted by atomic mass is 10.1. The van der Waals surface area contributed by atoms with Crippen LogP contribution >= 0.6 is 23.5 Å². The molecule has 0 fully saturated rings. The lowest BCUT2D eigenvalue weighted by Crippen LogP contribution is -2.05. The second kappa shape index (κ2) is 8.70. The van der Waals surface area contributed by atoms with Crippen LogP contribution < -0.4 is 0 Å². The Morgan fingerprint density at radius 2 is 2.18 bits per heavy atom. The molecule has 1 heterocycles. The molecule has 1 aliphatic rings. The first-order valence-corrected chi connectivity index (χ1v) is 8.93. The first-order valence-electron chi connectivity index (χ1n) is 6.66. The molecule has 116 valence electrons. The molecule has 1 aliphatic heterocycles. The predicted octanol–water partition coefficient (Wildman–Crippen LogP) is 3.60. The van der Waals surface area contributed by atoms with Crippen LogP contribution in [0.1, 0.15) is 5.56 Å². The summed E-state index contributed by atoms with van der Waals surface area (Å²) >= 11 is 3.23. The summed E-state index contributed by atoms with van der Waals surface area (Å²) in [6.07, 6.45) is 3.64. The molecule has 0 spiro atoms. The van der Waals surface area contributed by atoms with Gasteiger partial charge in [-0.2, -0.15) is 0 Å². The SMILES string of the molecule is C=N/C=C\SCCOC1=C(c2ccc(SC)cc2)COC1=O. The number of carbonyl (C=O) groups excluding carboxylic acids is 1. The zero-order valence-electron chi connectivity index (χ0n) is 12.3. The molecule has 2 rings (SSSR count). The molecule has 22 heavy (non-hydrogen) atoms. The molecular formula is C16H17NO3S2. The second-order valence-corrected chi connectivity index (χ2v) is 6.19. The van der Waals surface area contributed by atoms with E-state index < -0.39 is 5.97 Å². The van der Waals surface area contributed by atoms with Gasteiger partial charge in [0.25, 0.3) is 0 Å². The topological polar surface area (TPSA) is 47.9 Å². The molecule has 0 saturated carbocycles. The van der Waals surface area contributed by atoms with Crippen molar-refractivity contribution in [2.24, 2.45) is 4.99 Å².